The highest BCUT2D eigenvalue weighted by Crippen LogP contribution is 2.44. The summed E-state index contributed by atoms with van der Waals surface area (Å²) in [6, 6.07) is 5.44. The van der Waals surface area contributed by atoms with Gasteiger partial charge in [0.15, 0.2) is 0 Å². The van der Waals surface area contributed by atoms with E-state index in [1.807, 2.05) is 12.1 Å². The molecule has 2 fully saturated rings. The van der Waals surface area contributed by atoms with Crippen LogP contribution in [0.15, 0.2) is 30.6 Å². The van der Waals surface area contributed by atoms with Gasteiger partial charge >= 0.3 is 5.97 Å². The number of ether oxygens (including phenoxy) is 2. The maximum absolute atomic E-state index is 14.2. The molecule has 166 valence electrons. The van der Waals surface area contributed by atoms with Crippen molar-refractivity contribution >= 4 is 5.97 Å². The Morgan fingerprint density at radius 1 is 1.19 bits per heavy atom. The average molecular weight is 429 g/mol. The predicted molar refractivity (Wildman–Crippen MR) is 113 cm³/mol. The minimum absolute atomic E-state index is 0.0382. The second kappa shape index (κ2) is 9.62. The molecule has 2 saturated carbocycles. The van der Waals surface area contributed by atoms with Gasteiger partial charge in [-0.15, -0.1) is 0 Å². The molecule has 2 aliphatic rings. The van der Waals surface area contributed by atoms with Crippen LogP contribution in [-0.4, -0.2) is 34.8 Å². The van der Waals surface area contributed by atoms with Crippen molar-refractivity contribution in [2.45, 2.75) is 56.8 Å². The lowest BCUT2D eigenvalue weighted by Gasteiger charge is -2.29. The zero-order chi connectivity index (χ0) is 21.8. The summed E-state index contributed by atoms with van der Waals surface area (Å²) >= 11 is 0. The van der Waals surface area contributed by atoms with Gasteiger partial charge in [0.1, 0.15) is 11.6 Å². The van der Waals surface area contributed by atoms with Crippen LogP contribution in [0.1, 0.15) is 68.0 Å². The Bertz CT molecular complexity index is 910. The van der Waals surface area contributed by atoms with E-state index in [1.54, 1.807) is 12.3 Å². The Kier molecular flexibility index (Phi) is 6.68. The van der Waals surface area contributed by atoms with E-state index in [9.17, 15) is 14.3 Å². The third kappa shape index (κ3) is 5.51. The minimum Gasteiger partial charge on any atom is -0.493 e. The van der Waals surface area contributed by atoms with E-state index < -0.39 is 5.97 Å². The topological polar surface area (TPSA) is 81.5 Å². The van der Waals surface area contributed by atoms with Gasteiger partial charge in [0.25, 0.3) is 0 Å². The number of methoxy groups -OCH3 is 1. The fourth-order valence-electron chi connectivity index (χ4n) is 4.63. The molecule has 2 aliphatic carbocycles. The molecule has 0 bridgehead atoms. The van der Waals surface area contributed by atoms with Gasteiger partial charge in [0, 0.05) is 29.9 Å². The van der Waals surface area contributed by atoms with E-state index in [0.29, 0.717) is 29.9 Å². The molecule has 2 heterocycles. The molecule has 1 N–H and O–H groups in total. The first-order chi connectivity index (χ1) is 15.0. The fourth-order valence-corrected chi connectivity index (χ4v) is 4.63. The van der Waals surface area contributed by atoms with Crippen molar-refractivity contribution in [3.05, 3.63) is 47.7 Å². The molecule has 2 aromatic heterocycles. The summed E-state index contributed by atoms with van der Waals surface area (Å²) in [6.07, 6.45) is 8.94. The number of aliphatic carboxylic acids is 1. The molecular formula is C24H29FN2O4. The Labute approximate surface area is 181 Å². The van der Waals surface area contributed by atoms with Crippen LogP contribution >= 0.6 is 0 Å². The van der Waals surface area contributed by atoms with Crippen LogP contribution in [0.5, 0.6) is 11.6 Å². The molecule has 0 aromatic carbocycles. The molecule has 1 unspecified atom stereocenters. The SMILES string of the molecule is COc1cc(C2CCC(COc3ccnc(C(CC(=O)O)C4CC4)c3)CC2)c(F)cn1. The van der Waals surface area contributed by atoms with Crippen LogP contribution in [-0.2, 0) is 4.79 Å². The van der Waals surface area contributed by atoms with Crippen LogP contribution in [0, 0.1) is 17.7 Å². The summed E-state index contributed by atoms with van der Waals surface area (Å²) in [5, 5.41) is 9.22. The molecule has 0 saturated heterocycles. The predicted octanol–water partition coefficient (Wildman–Crippen LogP) is 4.95. The monoisotopic (exact) mass is 428 g/mol. The first-order valence-electron chi connectivity index (χ1n) is 11.0. The zero-order valence-corrected chi connectivity index (χ0v) is 17.8. The zero-order valence-electron chi connectivity index (χ0n) is 17.8. The quantitative estimate of drug-likeness (QED) is 0.609. The van der Waals surface area contributed by atoms with Gasteiger partial charge in [-0.3, -0.25) is 9.78 Å². The highest BCUT2D eigenvalue weighted by molar-refractivity contribution is 5.68. The molecule has 1 atom stereocenters. The molecule has 0 amide bonds. The third-order valence-electron chi connectivity index (χ3n) is 6.56. The van der Waals surface area contributed by atoms with Gasteiger partial charge in [-0.1, -0.05) is 0 Å². The number of hydrogen-bond acceptors (Lipinski definition) is 5. The highest BCUT2D eigenvalue weighted by atomic mass is 19.1. The van der Waals surface area contributed by atoms with Gasteiger partial charge in [-0.25, -0.2) is 9.37 Å². The molecule has 6 nitrogen and oxygen atoms in total. The summed E-state index contributed by atoms with van der Waals surface area (Å²) in [5.74, 6) is 1.11. The number of aromatic nitrogens is 2. The van der Waals surface area contributed by atoms with E-state index in [1.165, 1.54) is 13.3 Å². The lowest BCUT2D eigenvalue weighted by molar-refractivity contribution is -0.137. The first-order valence-corrected chi connectivity index (χ1v) is 11.0. The van der Waals surface area contributed by atoms with Crippen molar-refractivity contribution < 1.29 is 23.8 Å². The summed E-state index contributed by atoms with van der Waals surface area (Å²) in [4.78, 5) is 19.6. The number of halogens is 1. The Morgan fingerprint density at radius 2 is 1.97 bits per heavy atom. The Balaban J connectivity index is 1.31. The van der Waals surface area contributed by atoms with Crippen molar-refractivity contribution in [2.24, 2.45) is 11.8 Å². The van der Waals surface area contributed by atoms with Crippen molar-refractivity contribution in [1.29, 1.82) is 0 Å². The molecule has 0 aliphatic heterocycles. The van der Waals surface area contributed by atoms with Crippen LogP contribution in [0.4, 0.5) is 4.39 Å². The van der Waals surface area contributed by atoms with Crippen LogP contribution in [0.3, 0.4) is 0 Å². The maximum atomic E-state index is 14.2. The lowest BCUT2D eigenvalue weighted by Crippen LogP contribution is -2.20. The standard InChI is InChI=1S/C24H29FN2O4/c1-30-23-11-19(21(25)13-27-23)16-4-2-15(3-5-16)14-31-18-8-9-26-22(10-18)20(12-24(28)29)17-6-7-17/h8-11,13,15-17,20H,2-7,12,14H2,1H3,(H,28,29). The minimum atomic E-state index is -0.787. The Morgan fingerprint density at radius 3 is 2.65 bits per heavy atom. The molecule has 0 spiro atoms. The first kappa shape index (κ1) is 21.5. The molecule has 2 aromatic rings. The van der Waals surface area contributed by atoms with Crippen molar-refractivity contribution in [3.8, 4) is 11.6 Å². The van der Waals surface area contributed by atoms with Crippen LogP contribution in [0.2, 0.25) is 0 Å². The molecular weight excluding hydrogens is 399 g/mol. The van der Waals surface area contributed by atoms with E-state index in [0.717, 1.165) is 50.0 Å². The fraction of sp³-hybridized carbons (Fsp3) is 0.542. The van der Waals surface area contributed by atoms with Crippen LogP contribution in [0.25, 0.3) is 0 Å². The number of hydrogen-bond donors (Lipinski definition) is 1. The number of carbonyl (C=O) groups is 1. The maximum Gasteiger partial charge on any atom is 0.304 e. The smallest absolute Gasteiger partial charge is 0.304 e. The number of carboxylic acids is 1. The van der Waals surface area contributed by atoms with E-state index in [-0.39, 0.29) is 24.1 Å². The van der Waals surface area contributed by atoms with Gasteiger partial charge in [0.2, 0.25) is 5.88 Å². The van der Waals surface area contributed by atoms with Crippen molar-refractivity contribution in [1.82, 2.24) is 9.97 Å². The summed E-state index contributed by atoms with van der Waals surface area (Å²) in [5.41, 5.74) is 1.50. The number of nitrogens with zero attached hydrogens (tertiary/aromatic N) is 2. The molecule has 7 heteroatoms. The van der Waals surface area contributed by atoms with Crippen molar-refractivity contribution in [3.63, 3.8) is 0 Å². The van der Waals surface area contributed by atoms with Crippen molar-refractivity contribution in [2.75, 3.05) is 13.7 Å². The van der Waals surface area contributed by atoms with Crippen LogP contribution < -0.4 is 9.47 Å². The highest BCUT2D eigenvalue weighted by Gasteiger charge is 2.35. The molecule has 0 radical (unpaired) electrons. The number of carboxylic acid groups (broad SMARTS) is 1. The van der Waals surface area contributed by atoms with Gasteiger partial charge in [0.05, 0.1) is 26.3 Å². The van der Waals surface area contributed by atoms with Gasteiger partial charge in [-0.2, -0.15) is 0 Å². The third-order valence-corrected chi connectivity index (χ3v) is 6.56. The average Bonchev–Trinajstić information content (AvgIpc) is 3.62. The number of rotatable bonds is 9. The van der Waals surface area contributed by atoms with Gasteiger partial charge < -0.3 is 14.6 Å². The van der Waals surface area contributed by atoms with E-state index >= 15 is 0 Å². The molecule has 31 heavy (non-hydrogen) atoms. The summed E-state index contributed by atoms with van der Waals surface area (Å²) < 4.78 is 25.4. The second-order valence-corrected chi connectivity index (χ2v) is 8.74. The Hall–Kier alpha value is -2.70. The normalized spacial score (nSPS) is 22.0. The molecule has 4 rings (SSSR count). The van der Waals surface area contributed by atoms with E-state index in [2.05, 4.69) is 9.97 Å². The second-order valence-electron chi connectivity index (χ2n) is 8.74. The summed E-state index contributed by atoms with van der Waals surface area (Å²) in [7, 11) is 1.54. The summed E-state index contributed by atoms with van der Waals surface area (Å²) in [6.45, 7) is 0.603. The largest absolute Gasteiger partial charge is 0.493 e. The van der Waals surface area contributed by atoms with Gasteiger partial charge in [-0.05, 0) is 67.9 Å². The van der Waals surface area contributed by atoms with E-state index in [4.69, 9.17) is 9.47 Å². The lowest BCUT2D eigenvalue weighted by atomic mass is 9.79. The number of pyridine rings is 2.